The van der Waals surface area contributed by atoms with Gasteiger partial charge in [0.25, 0.3) is 5.91 Å². The summed E-state index contributed by atoms with van der Waals surface area (Å²) in [5.41, 5.74) is 1.24. The quantitative estimate of drug-likeness (QED) is 0.450. The number of imide groups is 1. The fourth-order valence-electron chi connectivity index (χ4n) is 8.20. The average Bonchev–Trinajstić information content (AvgIpc) is 3.21. The molecule has 0 spiro atoms. The Bertz CT molecular complexity index is 1500. The molecule has 0 aromatic heterocycles. The van der Waals surface area contributed by atoms with E-state index in [2.05, 4.69) is 5.32 Å². The number of hydrogen-bond donors (Lipinski definition) is 2. The molecule has 10 nitrogen and oxygen atoms in total. The first kappa shape index (κ1) is 28.5. The van der Waals surface area contributed by atoms with Crippen LogP contribution >= 0.6 is 0 Å². The molecule has 1 saturated heterocycles. The Labute approximate surface area is 245 Å². The minimum atomic E-state index is -3.83. The number of anilines is 2. The average molecular weight is 593 g/mol. The third-order valence-electron chi connectivity index (χ3n) is 9.59. The molecule has 5 fully saturated rings. The summed E-state index contributed by atoms with van der Waals surface area (Å²) < 4.78 is 23.4. The zero-order valence-corrected chi connectivity index (χ0v) is 24.4. The molecule has 7 rings (SSSR count). The lowest BCUT2D eigenvalue weighted by Gasteiger charge is -2.57. The third-order valence-corrected chi connectivity index (χ3v) is 10.5. The van der Waals surface area contributed by atoms with Gasteiger partial charge in [-0.25, -0.2) is 18.5 Å². The van der Waals surface area contributed by atoms with Crippen LogP contribution in [0.25, 0.3) is 0 Å². The van der Waals surface area contributed by atoms with E-state index in [9.17, 15) is 27.6 Å². The van der Waals surface area contributed by atoms with Crippen LogP contribution in [0.2, 0.25) is 0 Å². The lowest BCUT2D eigenvalue weighted by atomic mass is 9.49. The molecule has 1 atom stereocenters. The lowest BCUT2D eigenvalue weighted by Crippen LogP contribution is -2.58. The summed E-state index contributed by atoms with van der Waals surface area (Å²) in [6.45, 7) is 1.63. The summed E-state index contributed by atoms with van der Waals surface area (Å²) >= 11 is 0. The first-order valence-electron chi connectivity index (χ1n) is 14.6. The highest BCUT2D eigenvalue weighted by Crippen LogP contribution is 2.60. The maximum atomic E-state index is 14.5. The number of nitrogens with zero attached hydrogens (tertiary/aromatic N) is 2. The van der Waals surface area contributed by atoms with Crippen LogP contribution < -0.4 is 15.4 Å². The SMILES string of the molecule is CC(=O)Nc1ccc(N2C(=O)CC(N(CCc3ccc(S(N)(=O)=O)cc3)C(=O)C34CC5CC(CC(C5)C3)C4)C2=O)cc1. The second-order valence-electron chi connectivity index (χ2n) is 12.7. The van der Waals surface area contributed by atoms with Crippen LogP contribution in [0.1, 0.15) is 57.4 Å². The maximum Gasteiger partial charge on any atom is 0.257 e. The van der Waals surface area contributed by atoms with E-state index in [0.717, 1.165) is 29.7 Å². The van der Waals surface area contributed by atoms with Crippen LogP contribution in [0.15, 0.2) is 53.4 Å². The fraction of sp³-hybridized carbons (Fsp3) is 0.484. The van der Waals surface area contributed by atoms with E-state index in [-0.39, 0.29) is 35.6 Å². The van der Waals surface area contributed by atoms with Crippen LogP contribution in [-0.2, 0) is 35.6 Å². The van der Waals surface area contributed by atoms with Crippen molar-refractivity contribution in [3.63, 3.8) is 0 Å². The van der Waals surface area contributed by atoms with Crippen molar-refractivity contribution in [3.05, 3.63) is 54.1 Å². The Kier molecular flexibility index (Phi) is 7.21. The zero-order valence-electron chi connectivity index (χ0n) is 23.6. The maximum absolute atomic E-state index is 14.5. The van der Waals surface area contributed by atoms with E-state index in [0.29, 0.717) is 35.5 Å². The van der Waals surface area contributed by atoms with Gasteiger partial charge < -0.3 is 10.2 Å². The second-order valence-corrected chi connectivity index (χ2v) is 14.2. The van der Waals surface area contributed by atoms with E-state index in [1.807, 2.05) is 0 Å². The predicted molar refractivity (Wildman–Crippen MR) is 155 cm³/mol. The molecule has 3 N–H and O–H groups in total. The Hall–Kier alpha value is -3.57. The highest BCUT2D eigenvalue weighted by molar-refractivity contribution is 7.89. The van der Waals surface area contributed by atoms with Crippen molar-refractivity contribution >= 4 is 45.0 Å². The summed E-state index contributed by atoms with van der Waals surface area (Å²) in [6, 6.07) is 11.8. The van der Waals surface area contributed by atoms with Gasteiger partial charge in [-0.15, -0.1) is 0 Å². The molecule has 4 bridgehead atoms. The van der Waals surface area contributed by atoms with Gasteiger partial charge in [0.05, 0.1) is 22.4 Å². The molecule has 1 heterocycles. The molecule has 11 heteroatoms. The number of rotatable bonds is 8. The molecule has 2 aromatic rings. The Balaban J connectivity index is 1.27. The number of sulfonamides is 1. The van der Waals surface area contributed by atoms with E-state index < -0.39 is 27.4 Å². The number of amides is 4. The molecule has 0 radical (unpaired) electrons. The van der Waals surface area contributed by atoms with E-state index in [1.165, 1.54) is 38.3 Å². The van der Waals surface area contributed by atoms with Crippen molar-refractivity contribution in [2.45, 2.75) is 69.2 Å². The van der Waals surface area contributed by atoms with Gasteiger partial charge in [0.1, 0.15) is 6.04 Å². The summed E-state index contributed by atoms with van der Waals surface area (Å²) in [4.78, 5) is 55.9. The summed E-state index contributed by atoms with van der Waals surface area (Å²) in [7, 11) is -3.83. The fourth-order valence-corrected chi connectivity index (χ4v) is 8.71. The van der Waals surface area contributed by atoms with E-state index in [4.69, 9.17) is 5.14 Å². The second kappa shape index (κ2) is 10.6. The molecular weight excluding hydrogens is 556 g/mol. The number of primary sulfonamides is 1. The number of nitrogens with one attached hydrogen (secondary N) is 1. The molecule has 4 saturated carbocycles. The number of benzene rings is 2. The molecule has 42 heavy (non-hydrogen) atoms. The first-order valence-corrected chi connectivity index (χ1v) is 16.1. The van der Waals surface area contributed by atoms with Crippen LogP contribution in [0.3, 0.4) is 0 Å². The van der Waals surface area contributed by atoms with Crippen molar-refractivity contribution in [1.82, 2.24) is 4.90 Å². The number of carbonyl (C=O) groups is 4. The van der Waals surface area contributed by atoms with Gasteiger partial charge in [0.15, 0.2) is 0 Å². The number of hydrogen-bond acceptors (Lipinski definition) is 6. The molecule has 1 aliphatic heterocycles. The monoisotopic (exact) mass is 592 g/mol. The predicted octanol–water partition coefficient (Wildman–Crippen LogP) is 3.21. The summed E-state index contributed by atoms with van der Waals surface area (Å²) in [5.74, 6) is 0.533. The van der Waals surface area contributed by atoms with Gasteiger partial charge in [-0.1, -0.05) is 12.1 Å². The Morgan fingerprint density at radius 1 is 0.952 bits per heavy atom. The van der Waals surface area contributed by atoms with Crippen LogP contribution in [0, 0.1) is 23.2 Å². The van der Waals surface area contributed by atoms with Crippen molar-refractivity contribution < 1.29 is 27.6 Å². The molecular formula is C31H36N4O6S. The van der Waals surface area contributed by atoms with Crippen molar-refractivity contribution in [1.29, 1.82) is 0 Å². The van der Waals surface area contributed by atoms with Crippen molar-refractivity contribution in [2.75, 3.05) is 16.8 Å². The van der Waals surface area contributed by atoms with Gasteiger partial charge in [-0.05, 0) is 105 Å². The van der Waals surface area contributed by atoms with Crippen LogP contribution in [-0.4, -0.2) is 49.5 Å². The highest BCUT2D eigenvalue weighted by atomic mass is 32.2. The van der Waals surface area contributed by atoms with Crippen LogP contribution in [0.5, 0.6) is 0 Å². The van der Waals surface area contributed by atoms with E-state index in [1.54, 1.807) is 41.3 Å². The zero-order chi connectivity index (χ0) is 29.8. The van der Waals surface area contributed by atoms with Gasteiger partial charge in [0.2, 0.25) is 27.7 Å². The summed E-state index contributed by atoms with van der Waals surface area (Å²) in [5, 5.41) is 7.91. The third kappa shape index (κ3) is 5.35. The van der Waals surface area contributed by atoms with Gasteiger partial charge in [-0.2, -0.15) is 0 Å². The molecule has 5 aliphatic rings. The van der Waals surface area contributed by atoms with Gasteiger partial charge in [0, 0.05) is 19.2 Å². The van der Waals surface area contributed by atoms with Crippen molar-refractivity contribution in [3.8, 4) is 0 Å². The smallest absolute Gasteiger partial charge is 0.257 e. The van der Waals surface area contributed by atoms with Crippen molar-refractivity contribution in [2.24, 2.45) is 28.3 Å². The topological polar surface area (TPSA) is 147 Å². The standard InChI is InChI=1S/C31H36N4O6S/c1-19(36)33-24-4-6-25(7-5-24)35-28(37)15-27(29(35)38)34(11-10-20-2-8-26(9-3-20)42(32,40)41)30(39)31-16-21-12-22(17-31)14-23(13-21)18-31/h2-9,21-23,27H,10-18H2,1H3,(H,33,36)(H2,32,40,41). The summed E-state index contributed by atoms with van der Waals surface area (Å²) in [6.07, 6.45) is 6.31. The first-order chi connectivity index (χ1) is 19.9. The highest BCUT2D eigenvalue weighted by Gasteiger charge is 2.57. The van der Waals surface area contributed by atoms with E-state index >= 15 is 0 Å². The minimum Gasteiger partial charge on any atom is -0.329 e. The van der Waals surface area contributed by atoms with Gasteiger partial charge in [-0.3, -0.25) is 19.2 Å². The number of nitrogens with two attached hydrogens (primary N) is 1. The van der Waals surface area contributed by atoms with Gasteiger partial charge >= 0.3 is 0 Å². The molecule has 1 unspecified atom stereocenters. The Morgan fingerprint density at radius 3 is 2.05 bits per heavy atom. The Morgan fingerprint density at radius 2 is 1.52 bits per heavy atom. The molecule has 4 aliphatic carbocycles. The normalized spacial score (nSPS) is 28.3. The molecule has 4 amide bonds. The molecule has 2 aromatic carbocycles. The molecule has 222 valence electrons. The lowest BCUT2D eigenvalue weighted by molar-refractivity contribution is -0.161. The number of carbonyl (C=O) groups excluding carboxylic acids is 4. The van der Waals surface area contributed by atoms with Crippen LogP contribution in [0.4, 0.5) is 11.4 Å². The minimum absolute atomic E-state index is 0.00415. The largest absolute Gasteiger partial charge is 0.329 e.